The molecule has 6 heteroatoms. The SMILES string of the molecule is CCCCCCCCCCCCCCCCCCC/C=C/C(O)C(CO)NC(=O)CCCCCCCCCCCCCCCCCCCCCCCCCCCCCCCCCCOC(=O)CCCCCCCCCCCCCCCCC. The molecule has 0 rings (SSSR count). The molecular weight excluding hydrogens is 1020 g/mol. The van der Waals surface area contributed by atoms with E-state index < -0.39 is 12.1 Å². The molecule has 0 aromatic rings. The third kappa shape index (κ3) is 69.6. The smallest absolute Gasteiger partial charge is 0.305 e. The van der Waals surface area contributed by atoms with Gasteiger partial charge in [-0.05, 0) is 32.1 Å². The van der Waals surface area contributed by atoms with E-state index in [-0.39, 0.29) is 18.5 Å². The Hall–Kier alpha value is -1.40. The maximum Gasteiger partial charge on any atom is 0.305 e. The number of amides is 1. The van der Waals surface area contributed by atoms with Crippen molar-refractivity contribution >= 4 is 11.9 Å². The van der Waals surface area contributed by atoms with E-state index in [4.69, 9.17) is 4.74 Å². The van der Waals surface area contributed by atoms with Crippen LogP contribution in [0.5, 0.6) is 0 Å². The van der Waals surface area contributed by atoms with Crippen molar-refractivity contribution in [3.05, 3.63) is 12.2 Å². The monoisotopic (exact) mass is 1170 g/mol. The highest BCUT2D eigenvalue weighted by molar-refractivity contribution is 5.76. The average molecular weight is 1170 g/mol. The molecule has 0 aliphatic rings. The molecular formula is C77H151NO5. The van der Waals surface area contributed by atoms with Gasteiger partial charge in [-0.2, -0.15) is 0 Å². The third-order valence-corrected chi connectivity index (χ3v) is 18.3. The van der Waals surface area contributed by atoms with Gasteiger partial charge < -0.3 is 20.3 Å². The van der Waals surface area contributed by atoms with Crippen LogP contribution in [-0.2, 0) is 14.3 Å². The summed E-state index contributed by atoms with van der Waals surface area (Å²) < 4.78 is 5.51. The number of hydrogen-bond acceptors (Lipinski definition) is 5. The largest absolute Gasteiger partial charge is 0.466 e. The van der Waals surface area contributed by atoms with Gasteiger partial charge in [0.1, 0.15) is 0 Å². The van der Waals surface area contributed by atoms with Crippen molar-refractivity contribution in [3.63, 3.8) is 0 Å². The summed E-state index contributed by atoms with van der Waals surface area (Å²) in [5, 5.41) is 23.3. The Balaban J connectivity index is 3.33. The number of nitrogens with one attached hydrogen (secondary N) is 1. The first-order chi connectivity index (χ1) is 41.0. The Labute approximate surface area is 520 Å². The second kappa shape index (κ2) is 73.1. The van der Waals surface area contributed by atoms with E-state index in [1.54, 1.807) is 6.08 Å². The van der Waals surface area contributed by atoms with Crippen LogP contribution in [0.15, 0.2) is 12.2 Å². The number of allylic oxidation sites excluding steroid dienone is 1. The fourth-order valence-electron chi connectivity index (χ4n) is 12.5. The van der Waals surface area contributed by atoms with Crippen LogP contribution in [0.25, 0.3) is 0 Å². The minimum absolute atomic E-state index is 0.0250. The van der Waals surface area contributed by atoms with Crippen LogP contribution < -0.4 is 5.32 Å². The van der Waals surface area contributed by atoms with Crippen molar-refractivity contribution in [3.8, 4) is 0 Å². The van der Waals surface area contributed by atoms with Crippen LogP contribution >= 0.6 is 0 Å². The molecule has 0 aromatic heterocycles. The summed E-state index contributed by atoms with van der Waals surface area (Å²) in [5.41, 5.74) is 0. The van der Waals surface area contributed by atoms with Gasteiger partial charge in [-0.25, -0.2) is 0 Å². The van der Waals surface area contributed by atoms with Crippen LogP contribution in [0.2, 0.25) is 0 Å². The van der Waals surface area contributed by atoms with E-state index in [2.05, 4.69) is 19.2 Å². The highest BCUT2D eigenvalue weighted by Crippen LogP contribution is 2.20. The molecule has 83 heavy (non-hydrogen) atoms. The first-order valence-corrected chi connectivity index (χ1v) is 38.5. The Kier molecular flexibility index (Phi) is 71.8. The number of hydrogen-bond donors (Lipinski definition) is 3. The van der Waals surface area contributed by atoms with Gasteiger partial charge in [0.05, 0.1) is 25.4 Å². The highest BCUT2D eigenvalue weighted by atomic mass is 16.5. The van der Waals surface area contributed by atoms with E-state index in [1.807, 2.05) is 6.08 Å². The molecule has 0 spiro atoms. The van der Waals surface area contributed by atoms with Crippen molar-refractivity contribution < 1.29 is 24.5 Å². The van der Waals surface area contributed by atoms with Crippen molar-refractivity contribution in [1.82, 2.24) is 5.32 Å². The Morgan fingerprint density at radius 2 is 0.554 bits per heavy atom. The van der Waals surface area contributed by atoms with Crippen LogP contribution in [0.3, 0.4) is 0 Å². The molecule has 494 valence electrons. The maximum absolute atomic E-state index is 12.5. The second-order valence-corrected chi connectivity index (χ2v) is 26.7. The number of rotatable bonds is 73. The number of ether oxygens (including phenoxy) is 1. The lowest BCUT2D eigenvalue weighted by Gasteiger charge is -2.20. The maximum atomic E-state index is 12.5. The zero-order chi connectivity index (χ0) is 59.9. The van der Waals surface area contributed by atoms with Gasteiger partial charge >= 0.3 is 5.97 Å². The summed E-state index contributed by atoms with van der Waals surface area (Å²) in [4.78, 5) is 24.6. The topological polar surface area (TPSA) is 95.9 Å². The zero-order valence-corrected chi connectivity index (χ0v) is 56.7. The summed E-state index contributed by atoms with van der Waals surface area (Å²) in [6.07, 6.45) is 91.8. The first-order valence-electron chi connectivity index (χ1n) is 38.5. The summed E-state index contributed by atoms with van der Waals surface area (Å²) >= 11 is 0. The molecule has 0 saturated carbocycles. The van der Waals surface area contributed by atoms with Crippen molar-refractivity contribution in [2.45, 2.75) is 456 Å². The Bertz CT molecular complexity index is 1260. The summed E-state index contributed by atoms with van der Waals surface area (Å²) in [7, 11) is 0. The lowest BCUT2D eigenvalue weighted by atomic mass is 10.0. The molecule has 0 aliphatic heterocycles. The fourth-order valence-corrected chi connectivity index (χ4v) is 12.5. The van der Waals surface area contributed by atoms with E-state index in [0.717, 1.165) is 38.5 Å². The third-order valence-electron chi connectivity index (χ3n) is 18.3. The second-order valence-electron chi connectivity index (χ2n) is 26.7. The predicted molar refractivity (Wildman–Crippen MR) is 366 cm³/mol. The molecule has 3 N–H and O–H groups in total. The number of aliphatic hydroxyl groups is 2. The minimum atomic E-state index is -0.841. The predicted octanol–water partition coefficient (Wildman–Crippen LogP) is 25.1. The molecule has 0 aliphatic carbocycles. The summed E-state index contributed by atoms with van der Waals surface area (Å²) in [6, 6.07) is -0.624. The van der Waals surface area contributed by atoms with E-state index >= 15 is 0 Å². The molecule has 6 nitrogen and oxygen atoms in total. The van der Waals surface area contributed by atoms with Crippen LogP contribution in [0.1, 0.15) is 444 Å². The minimum Gasteiger partial charge on any atom is -0.466 e. The van der Waals surface area contributed by atoms with Crippen molar-refractivity contribution in [2.75, 3.05) is 13.2 Å². The van der Waals surface area contributed by atoms with Gasteiger partial charge in [-0.15, -0.1) is 0 Å². The van der Waals surface area contributed by atoms with Crippen molar-refractivity contribution in [1.29, 1.82) is 0 Å². The number of aliphatic hydroxyl groups excluding tert-OH is 2. The van der Waals surface area contributed by atoms with Crippen LogP contribution in [0, 0.1) is 0 Å². The zero-order valence-electron chi connectivity index (χ0n) is 56.7. The van der Waals surface area contributed by atoms with Gasteiger partial charge in [0.15, 0.2) is 0 Å². The molecule has 2 unspecified atom stereocenters. The average Bonchev–Trinajstić information content (AvgIpc) is 3.49. The van der Waals surface area contributed by atoms with Crippen molar-refractivity contribution in [2.24, 2.45) is 0 Å². The lowest BCUT2D eigenvalue weighted by Crippen LogP contribution is -2.45. The summed E-state index contributed by atoms with van der Waals surface area (Å²) in [6.45, 7) is 4.96. The molecule has 0 aromatic carbocycles. The van der Waals surface area contributed by atoms with Crippen LogP contribution in [-0.4, -0.2) is 47.4 Å². The number of esters is 1. The number of carbonyl (C=O) groups is 2. The van der Waals surface area contributed by atoms with Crippen LogP contribution in [0.4, 0.5) is 0 Å². The molecule has 0 heterocycles. The van der Waals surface area contributed by atoms with Gasteiger partial charge in [0.2, 0.25) is 5.91 Å². The quantitative estimate of drug-likeness (QED) is 0.0320. The number of unbranched alkanes of at least 4 members (excludes halogenated alkanes) is 62. The van der Waals surface area contributed by atoms with Gasteiger partial charge in [-0.1, -0.05) is 411 Å². The highest BCUT2D eigenvalue weighted by Gasteiger charge is 2.18. The number of carbonyl (C=O) groups excluding carboxylic acids is 2. The van der Waals surface area contributed by atoms with Gasteiger partial charge in [0, 0.05) is 12.8 Å². The molecule has 0 fully saturated rings. The lowest BCUT2D eigenvalue weighted by molar-refractivity contribution is -0.143. The van der Waals surface area contributed by atoms with E-state index in [0.29, 0.717) is 19.4 Å². The standard InChI is InChI=1S/C77H151NO5/c1-3-5-7-9-11-13-15-17-19-20-35-38-42-45-49-53-57-61-65-69-75(80)74(73-79)78-76(81)70-66-62-58-54-50-46-43-39-36-33-31-29-27-25-23-21-22-24-26-28-30-32-34-37-40-44-48-52-56-60-64-68-72-83-77(82)71-67-63-59-55-51-47-41-18-16-14-12-10-8-6-4-2/h65,69,74-75,79-80H,3-64,66-68,70-73H2,1-2H3,(H,78,81)/b69-65+. The molecule has 2 atom stereocenters. The fraction of sp³-hybridized carbons (Fsp3) is 0.948. The molecule has 1 amide bonds. The molecule has 0 radical (unpaired) electrons. The summed E-state index contributed by atoms with van der Waals surface area (Å²) in [5.74, 6) is -0.0338. The molecule has 0 bridgehead atoms. The molecule has 0 saturated heterocycles. The van der Waals surface area contributed by atoms with Gasteiger partial charge in [0.25, 0.3) is 0 Å². The van der Waals surface area contributed by atoms with E-state index in [1.165, 1.54) is 379 Å². The van der Waals surface area contributed by atoms with E-state index in [9.17, 15) is 19.8 Å². The Morgan fingerprint density at radius 1 is 0.325 bits per heavy atom. The Morgan fingerprint density at radius 3 is 0.819 bits per heavy atom. The first kappa shape index (κ1) is 81.6. The van der Waals surface area contributed by atoms with Gasteiger partial charge in [-0.3, -0.25) is 9.59 Å². The normalized spacial score (nSPS) is 12.5.